The summed E-state index contributed by atoms with van der Waals surface area (Å²) in [6, 6.07) is 10.0. The van der Waals surface area contributed by atoms with Crippen molar-refractivity contribution in [3.05, 3.63) is 35.9 Å². The summed E-state index contributed by atoms with van der Waals surface area (Å²) in [5.74, 6) is -0.410. The molecule has 1 fully saturated rings. The van der Waals surface area contributed by atoms with E-state index in [1.165, 1.54) is 0 Å². The summed E-state index contributed by atoms with van der Waals surface area (Å²) >= 11 is 0. The molecule has 0 radical (unpaired) electrons. The first-order valence-corrected chi connectivity index (χ1v) is 6.03. The average Bonchev–Trinajstić information content (AvgIpc) is 3.13. The van der Waals surface area contributed by atoms with E-state index in [1.807, 2.05) is 49.2 Å². The monoisotopic (exact) mass is 233 g/mol. The minimum atomic E-state index is -0.726. The molecule has 2 rings (SSSR count). The van der Waals surface area contributed by atoms with E-state index in [0.717, 1.165) is 18.4 Å². The van der Waals surface area contributed by atoms with Crippen molar-refractivity contribution in [1.29, 1.82) is 0 Å². The predicted octanol–water partition coefficient (Wildman–Crippen LogP) is 2.37. The van der Waals surface area contributed by atoms with Crippen LogP contribution in [-0.4, -0.2) is 28.6 Å². The van der Waals surface area contributed by atoms with Gasteiger partial charge in [0.25, 0.3) is 0 Å². The Morgan fingerprint density at radius 3 is 2.47 bits per heavy atom. The molecule has 1 N–H and O–H groups in total. The summed E-state index contributed by atoms with van der Waals surface area (Å²) in [4.78, 5) is 13.5. The Balaban J connectivity index is 2.12. The van der Waals surface area contributed by atoms with Crippen molar-refractivity contribution in [1.82, 2.24) is 4.90 Å². The number of hydrogen-bond donors (Lipinski definition) is 1. The summed E-state index contributed by atoms with van der Waals surface area (Å²) in [7, 11) is 1.90. The van der Waals surface area contributed by atoms with E-state index in [9.17, 15) is 9.90 Å². The van der Waals surface area contributed by atoms with Gasteiger partial charge in [-0.3, -0.25) is 9.69 Å². The zero-order valence-electron chi connectivity index (χ0n) is 10.4. The fourth-order valence-electron chi connectivity index (χ4n) is 2.32. The number of carboxylic acids is 1. The molecule has 0 aliphatic heterocycles. The molecule has 1 aromatic carbocycles. The minimum Gasteiger partial charge on any atom is -0.480 e. The fourth-order valence-corrected chi connectivity index (χ4v) is 2.32. The van der Waals surface area contributed by atoms with E-state index in [2.05, 4.69) is 0 Å². The Hall–Kier alpha value is -1.35. The summed E-state index contributed by atoms with van der Waals surface area (Å²) in [5.41, 5.74) is 0.429. The van der Waals surface area contributed by atoms with Gasteiger partial charge in [-0.1, -0.05) is 30.3 Å². The molecular weight excluding hydrogens is 214 g/mol. The highest BCUT2D eigenvalue weighted by Crippen LogP contribution is 2.43. The number of likely N-dealkylation sites (N-methyl/N-ethyl adjacent to an activating group) is 1. The van der Waals surface area contributed by atoms with Crippen LogP contribution in [0.4, 0.5) is 0 Å². The van der Waals surface area contributed by atoms with Crippen molar-refractivity contribution in [3.8, 4) is 0 Å². The third-order valence-electron chi connectivity index (χ3n) is 3.86. The second kappa shape index (κ2) is 4.49. The number of hydrogen-bond acceptors (Lipinski definition) is 2. The van der Waals surface area contributed by atoms with E-state index in [-0.39, 0.29) is 0 Å². The molecule has 1 saturated carbocycles. The van der Waals surface area contributed by atoms with Gasteiger partial charge < -0.3 is 5.11 Å². The molecule has 0 aromatic heterocycles. The quantitative estimate of drug-likeness (QED) is 0.848. The highest BCUT2D eigenvalue weighted by atomic mass is 16.4. The maximum Gasteiger partial charge on any atom is 0.324 e. The zero-order chi connectivity index (χ0) is 12.5. The second-order valence-corrected chi connectivity index (χ2v) is 5.07. The van der Waals surface area contributed by atoms with Gasteiger partial charge in [-0.15, -0.1) is 0 Å². The first kappa shape index (κ1) is 12.1. The van der Waals surface area contributed by atoms with Crippen LogP contribution in [0.25, 0.3) is 0 Å². The van der Waals surface area contributed by atoms with Gasteiger partial charge >= 0.3 is 5.97 Å². The normalized spacial score (nSPS) is 19.0. The first-order valence-electron chi connectivity index (χ1n) is 6.03. The van der Waals surface area contributed by atoms with Crippen LogP contribution in [0.1, 0.15) is 25.3 Å². The molecule has 17 heavy (non-hydrogen) atoms. The van der Waals surface area contributed by atoms with Crippen LogP contribution in [0.3, 0.4) is 0 Å². The van der Waals surface area contributed by atoms with E-state index >= 15 is 0 Å². The van der Waals surface area contributed by atoms with Crippen LogP contribution < -0.4 is 0 Å². The number of benzene rings is 1. The van der Waals surface area contributed by atoms with Crippen LogP contribution in [0, 0.1) is 5.92 Å². The number of carbonyl (C=O) groups is 1. The molecule has 1 aliphatic carbocycles. The Morgan fingerprint density at radius 2 is 2.00 bits per heavy atom. The molecule has 3 nitrogen and oxygen atoms in total. The first-order chi connectivity index (χ1) is 8.05. The van der Waals surface area contributed by atoms with Crippen LogP contribution in [0.15, 0.2) is 30.3 Å². The number of carboxylic acid groups (broad SMARTS) is 1. The van der Waals surface area contributed by atoms with Crippen molar-refractivity contribution in [2.75, 3.05) is 7.05 Å². The molecule has 1 atom stereocenters. The number of aliphatic carboxylic acids is 1. The standard InChI is InChI=1S/C14H19NO2/c1-14(13(16)17,12-8-9-12)15(2)10-11-6-4-3-5-7-11/h3-7,12H,8-10H2,1-2H3,(H,16,17). The third-order valence-corrected chi connectivity index (χ3v) is 3.86. The molecule has 1 aliphatic rings. The molecule has 1 unspecified atom stereocenters. The highest BCUT2D eigenvalue weighted by molar-refractivity contribution is 5.79. The van der Waals surface area contributed by atoms with Gasteiger partial charge in [-0.05, 0) is 38.3 Å². The SMILES string of the molecule is CN(Cc1ccccc1)C(C)(C(=O)O)C1CC1. The highest BCUT2D eigenvalue weighted by Gasteiger charge is 2.50. The van der Waals surface area contributed by atoms with Crippen molar-refractivity contribution < 1.29 is 9.90 Å². The smallest absolute Gasteiger partial charge is 0.324 e. The summed E-state index contributed by atoms with van der Waals surface area (Å²) in [6.45, 7) is 2.52. The van der Waals surface area contributed by atoms with Gasteiger partial charge in [0.15, 0.2) is 0 Å². The summed E-state index contributed by atoms with van der Waals surface area (Å²) in [5, 5.41) is 9.45. The molecule has 3 heteroatoms. The Bertz CT molecular complexity index is 400. The van der Waals surface area contributed by atoms with E-state index in [4.69, 9.17) is 0 Å². The minimum absolute atomic E-state index is 0.300. The van der Waals surface area contributed by atoms with Gasteiger partial charge in [-0.2, -0.15) is 0 Å². The zero-order valence-corrected chi connectivity index (χ0v) is 10.4. The van der Waals surface area contributed by atoms with Gasteiger partial charge in [0.05, 0.1) is 0 Å². The number of nitrogens with zero attached hydrogens (tertiary/aromatic N) is 1. The lowest BCUT2D eigenvalue weighted by atomic mass is 9.93. The van der Waals surface area contributed by atoms with Crippen LogP contribution in [-0.2, 0) is 11.3 Å². The molecule has 0 bridgehead atoms. The van der Waals surface area contributed by atoms with E-state index in [1.54, 1.807) is 0 Å². The molecule has 92 valence electrons. The number of rotatable bonds is 5. The summed E-state index contributed by atoms with van der Waals surface area (Å²) < 4.78 is 0. The van der Waals surface area contributed by atoms with E-state index < -0.39 is 11.5 Å². The van der Waals surface area contributed by atoms with Gasteiger partial charge in [0.1, 0.15) is 5.54 Å². The van der Waals surface area contributed by atoms with Crippen LogP contribution in [0.5, 0.6) is 0 Å². The largest absolute Gasteiger partial charge is 0.480 e. The van der Waals surface area contributed by atoms with E-state index in [0.29, 0.717) is 12.5 Å². The Kier molecular flexibility index (Phi) is 3.20. The molecule has 0 saturated heterocycles. The second-order valence-electron chi connectivity index (χ2n) is 5.07. The van der Waals surface area contributed by atoms with Crippen molar-refractivity contribution in [2.45, 2.75) is 31.8 Å². The molecular formula is C14H19NO2. The van der Waals surface area contributed by atoms with Crippen LogP contribution in [0.2, 0.25) is 0 Å². The predicted molar refractivity (Wildman–Crippen MR) is 66.7 cm³/mol. The molecule has 1 aromatic rings. The lowest BCUT2D eigenvalue weighted by molar-refractivity contribution is -0.151. The third kappa shape index (κ3) is 2.34. The lowest BCUT2D eigenvalue weighted by Crippen LogP contribution is -2.51. The molecule has 0 heterocycles. The molecule has 0 amide bonds. The molecule has 0 spiro atoms. The van der Waals surface area contributed by atoms with Crippen molar-refractivity contribution in [2.24, 2.45) is 5.92 Å². The topological polar surface area (TPSA) is 40.5 Å². The van der Waals surface area contributed by atoms with Gasteiger partial charge in [0, 0.05) is 6.54 Å². The maximum atomic E-state index is 11.5. The fraction of sp³-hybridized carbons (Fsp3) is 0.500. The Morgan fingerprint density at radius 1 is 1.41 bits per heavy atom. The Labute approximate surface area is 102 Å². The average molecular weight is 233 g/mol. The summed E-state index contributed by atoms with van der Waals surface area (Å²) in [6.07, 6.45) is 2.06. The lowest BCUT2D eigenvalue weighted by Gasteiger charge is -2.35. The maximum absolute atomic E-state index is 11.5. The van der Waals surface area contributed by atoms with Gasteiger partial charge in [-0.25, -0.2) is 0 Å². The van der Waals surface area contributed by atoms with Gasteiger partial charge in [0.2, 0.25) is 0 Å². The van der Waals surface area contributed by atoms with Crippen LogP contribution >= 0.6 is 0 Å². The van der Waals surface area contributed by atoms with Crippen molar-refractivity contribution >= 4 is 5.97 Å². The van der Waals surface area contributed by atoms with Crippen molar-refractivity contribution in [3.63, 3.8) is 0 Å².